The minimum Gasteiger partial charge on any atom is -0.385 e. The minimum atomic E-state index is -0.389. The Bertz CT molecular complexity index is 625. The third kappa shape index (κ3) is 3.66. The molecule has 0 atom stereocenters. The molecule has 0 fully saturated rings. The number of aryl methyl sites for hydroxylation is 1. The van der Waals surface area contributed by atoms with E-state index in [-0.39, 0.29) is 11.7 Å². The summed E-state index contributed by atoms with van der Waals surface area (Å²) < 4.78 is 23.3. The summed E-state index contributed by atoms with van der Waals surface area (Å²) in [5.41, 5.74) is 1.18. The topological polar surface area (TPSA) is 64.4 Å². The minimum absolute atomic E-state index is 0.288. The van der Waals surface area contributed by atoms with Gasteiger partial charge >= 0.3 is 0 Å². The fraction of sp³-hybridized carbons (Fsp3) is 0.333. The first-order chi connectivity index (χ1) is 10.1. The smallest absolute Gasteiger partial charge is 0.257 e. The molecular formula is C15H17FN2O3. The van der Waals surface area contributed by atoms with Gasteiger partial charge in [-0.05, 0) is 25.5 Å². The average molecular weight is 292 g/mol. The Labute approximate surface area is 122 Å². The molecule has 5 nitrogen and oxygen atoms in total. The lowest BCUT2D eigenvalue weighted by atomic mass is 10.1. The Hall–Kier alpha value is -2.21. The molecule has 0 saturated heterocycles. The van der Waals surface area contributed by atoms with E-state index >= 15 is 0 Å². The van der Waals surface area contributed by atoms with E-state index in [1.807, 2.05) is 0 Å². The number of nitrogens with zero attached hydrogens (tertiary/aromatic N) is 1. The van der Waals surface area contributed by atoms with E-state index in [4.69, 9.17) is 9.26 Å². The van der Waals surface area contributed by atoms with Gasteiger partial charge in [-0.15, -0.1) is 0 Å². The van der Waals surface area contributed by atoms with Gasteiger partial charge in [0.15, 0.2) is 0 Å². The Balaban J connectivity index is 2.20. The van der Waals surface area contributed by atoms with Crippen LogP contribution in [-0.2, 0) is 4.74 Å². The highest BCUT2D eigenvalue weighted by atomic mass is 19.1. The van der Waals surface area contributed by atoms with E-state index < -0.39 is 0 Å². The molecule has 1 aromatic carbocycles. The van der Waals surface area contributed by atoms with Crippen LogP contribution in [-0.4, -0.2) is 31.3 Å². The Morgan fingerprint density at radius 3 is 3.00 bits per heavy atom. The predicted octanol–water partition coefficient (Wildman–Crippen LogP) is 2.56. The number of hydrogen-bond acceptors (Lipinski definition) is 4. The van der Waals surface area contributed by atoms with Gasteiger partial charge in [-0.3, -0.25) is 4.79 Å². The van der Waals surface area contributed by atoms with Crippen molar-refractivity contribution in [3.8, 4) is 11.3 Å². The molecule has 0 unspecified atom stereocenters. The number of rotatable bonds is 6. The van der Waals surface area contributed by atoms with Crippen molar-refractivity contribution in [2.75, 3.05) is 20.3 Å². The summed E-state index contributed by atoms with van der Waals surface area (Å²) in [6.45, 7) is 2.71. The van der Waals surface area contributed by atoms with Crippen LogP contribution in [0.1, 0.15) is 22.5 Å². The van der Waals surface area contributed by atoms with E-state index in [1.165, 1.54) is 12.1 Å². The normalized spacial score (nSPS) is 10.6. The number of benzene rings is 1. The molecule has 0 radical (unpaired) electrons. The third-order valence-corrected chi connectivity index (χ3v) is 3.00. The van der Waals surface area contributed by atoms with Gasteiger partial charge in [0.1, 0.15) is 22.8 Å². The molecule has 0 aliphatic rings. The molecule has 1 amide bonds. The summed E-state index contributed by atoms with van der Waals surface area (Å²) in [7, 11) is 1.61. The maximum Gasteiger partial charge on any atom is 0.257 e. The second-order valence-corrected chi connectivity index (χ2v) is 4.57. The average Bonchev–Trinajstić information content (AvgIpc) is 2.85. The summed E-state index contributed by atoms with van der Waals surface area (Å²) in [4.78, 5) is 12.2. The second kappa shape index (κ2) is 6.99. The van der Waals surface area contributed by atoms with Gasteiger partial charge in [-0.1, -0.05) is 17.3 Å². The van der Waals surface area contributed by atoms with Crippen LogP contribution in [0.2, 0.25) is 0 Å². The van der Waals surface area contributed by atoms with Crippen molar-refractivity contribution in [2.24, 2.45) is 0 Å². The number of aromatic nitrogens is 1. The Morgan fingerprint density at radius 1 is 1.48 bits per heavy atom. The summed E-state index contributed by atoms with van der Waals surface area (Å²) in [6, 6.07) is 5.90. The molecular weight excluding hydrogens is 275 g/mol. The van der Waals surface area contributed by atoms with Crippen LogP contribution in [0.5, 0.6) is 0 Å². The number of amides is 1. The highest BCUT2D eigenvalue weighted by molar-refractivity contribution is 6.00. The van der Waals surface area contributed by atoms with Crippen LogP contribution in [0.15, 0.2) is 28.8 Å². The second-order valence-electron chi connectivity index (χ2n) is 4.57. The summed E-state index contributed by atoms with van der Waals surface area (Å²) in [5.74, 6) is -0.276. The van der Waals surface area contributed by atoms with Gasteiger partial charge in [-0.25, -0.2) is 4.39 Å². The van der Waals surface area contributed by atoms with E-state index in [0.717, 1.165) is 0 Å². The van der Waals surface area contributed by atoms with Crippen molar-refractivity contribution < 1.29 is 18.4 Å². The molecule has 0 aliphatic heterocycles. The quantitative estimate of drug-likeness (QED) is 0.831. The zero-order valence-corrected chi connectivity index (χ0v) is 12.0. The number of methoxy groups -OCH3 is 1. The monoisotopic (exact) mass is 292 g/mol. The molecule has 2 aromatic rings. The van der Waals surface area contributed by atoms with Gasteiger partial charge in [0.25, 0.3) is 5.91 Å². The number of carbonyl (C=O) groups is 1. The van der Waals surface area contributed by atoms with E-state index in [1.54, 1.807) is 26.2 Å². The molecule has 112 valence electrons. The van der Waals surface area contributed by atoms with Crippen LogP contribution in [0.25, 0.3) is 11.3 Å². The number of hydrogen-bond donors (Lipinski definition) is 1. The van der Waals surface area contributed by atoms with Gasteiger partial charge in [0.2, 0.25) is 0 Å². The fourth-order valence-corrected chi connectivity index (χ4v) is 1.98. The number of halogens is 1. The first-order valence-electron chi connectivity index (χ1n) is 6.63. The van der Waals surface area contributed by atoms with Gasteiger partial charge < -0.3 is 14.6 Å². The fourth-order valence-electron chi connectivity index (χ4n) is 1.98. The number of ether oxygens (including phenoxy) is 1. The standard InChI is InChI=1S/C15H17FN2O3/c1-10-13(15(19)17-7-4-8-20-2)14(18-21-10)11-5-3-6-12(16)9-11/h3,5-6,9H,4,7-8H2,1-2H3,(H,17,19). The van der Waals surface area contributed by atoms with Crippen molar-refractivity contribution in [1.82, 2.24) is 10.5 Å². The molecule has 0 spiro atoms. The lowest BCUT2D eigenvalue weighted by molar-refractivity contribution is 0.0947. The van der Waals surface area contributed by atoms with Gasteiger partial charge in [-0.2, -0.15) is 0 Å². The molecule has 0 bridgehead atoms. The number of nitrogens with one attached hydrogen (secondary N) is 1. The first kappa shape index (κ1) is 15.2. The molecule has 1 aromatic heterocycles. The largest absolute Gasteiger partial charge is 0.385 e. The maximum absolute atomic E-state index is 13.3. The van der Waals surface area contributed by atoms with Gasteiger partial charge in [0, 0.05) is 25.8 Å². The molecule has 0 saturated carbocycles. The highest BCUT2D eigenvalue weighted by Crippen LogP contribution is 2.25. The molecule has 0 aliphatic carbocycles. The van der Waals surface area contributed by atoms with Gasteiger partial charge in [0.05, 0.1) is 0 Å². The third-order valence-electron chi connectivity index (χ3n) is 3.00. The van der Waals surface area contributed by atoms with Crippen LogP contribution < -0.4 is 5.32 Å². The Kier molecular flexibility index (Phi) is 5.05. The lowest BCUT2D eigenvalue weighted by Crippen LogP contribution is -2.26. The number of carbonyl (C=O) groups excluding carboxylic acids is 1. The predicted molar refractivity (Wildman–Crippen MR) is 75.5 cm³/mol. The maximum atomic E-state index is 13.3. The van der Waals surface area contributed by atoms with Crippen molar-refractivity contribution in [2.45, 2.75) is 13.3 Å². The van der Waals surface area contributed by atoms with Crippen LogP contribution in [0.4, 0.5) is 4.39 Å². The SMILES string of the molecule is COCCCNC(=O)c1c(-c2cccc(F)c2)noc1C. The van der Waals surface area contributed by atoms with E-state index in [2.05, 4.69) is 10.5 Å². The zero-order chi connectivity index (χ0) is 15.2. The molecule has 6 heteroatoms. The summed E-state index contributed by atoms with van der Waals surface area (Å²) >= 11 is 0. The van der Waals surface area contributed by atoms with Crippen LogP contribution in [0.3, 0.4) is 0 Å². The first-order valence-corrected chi connectivity index (χ1v) is 6.63. The zero-order valence-electron chi connectivity index (χ0n) is 12.0. The van der Waals surface area contributed by atoms with E-state index in [9.17, 15) is 9.18 Å². The molecule has 1 heterocycles. The van der Waals surface area contributed by atoms with E-state index in [0.29, 0.717) is 42.2 Å². The summed E-state index contributed by atoms with van der Waals surface area (Å²) in [5, 5.41) is 6.64. The van der Waals surface area contributed by atoms with Crippen molar-refractivity contribution in [3.05, 3.63) is 41.4 Å². The summed E-state index contributed by atoms with van der Waals surface area (Å²) in [6.07, 6.45) is 0.710. The lowest BCUT2D eigenvalue weighted by Gasteiger charge is -2.05. The molecule has 1 N–H and O–H groups in total. The van der Waals surface area contributed by atoms with Crippen molar-refractivity contribution in [1.29, 1.82) is 0 Å². The van der Waals surface area contributed by atoms with Crippen LogP contribution in [0, 0.1) is 12.7 Å². The molecule has 2 rings (SSSR count). The highest BCUT2D eigenvalue weighted by Gasteiger charge is 2.21. The van der Waals surface area contributed by atoms with Crippen molar-refractivity contribution in [3.63, 3.8) is 0 Å². The Morgan fingerprint density at radius 2 is 2.29 bits per heavy atom. The van der Waals surface area contributed by atoms with Crippen molar-refractivity contribution >= 4 is 5.91 Å². The molecule has 21 heavy (non-hydrogen) atoms. The van der Waals surface area contributed by atoms with Crippen LogP contribution >= 0.6 is 0 Å².